The van der Waals surface area contributed by atoms with Crippen LogP contribution in [0, 0.1) is 0 Å². The van der Waals surface area contributed by atoms with Crippen LogP contribution in [0.4, 0.5) is 0 Å². The predicted octanol–water partition coefficient (Wildman–Crippen LogP) is 4.59. The molecule has 0 aliphatic rings. The molecule has 0 heterocycles. The van der Waals surface area contributed by atoms with E-state index in [1.165, 1.54) is 11.1 Å². The lowest BCUT2D eigenvalue weighted by molar-refractivity contribution is 1.19. The van der Waals surface area contributed by atoms with Gasteiger partial charge in [-0.1, -0.05) is 49.1 Å². The van der Waals surface area contributed by atoms with E-state index in [4.69, 9.17) is 0 Å². The van der Waals surface area contributed by atoms with Gasteiger partial charge in [-0.05, 0) is 38.3 Å². The molecule has 0 aromatic rings. The van der Waals surface area contributed by atoms with Gasteiger partial charge in [0.15, 0.2) is 0 Å². The Hall–Kier alpha value is -1.30. The van der Waals surface area contributed by atoms with E-state index >= 15 is 0 Å². The first-order valence-electron chi connectivity index (χ1n) is 4.90. The van der Waals surface area contributed by atoms with Crippen molar-refractivity contribution >= 4 is 0 Å². The van der Waals surface area contributed by atoms with Crippen LogP contribution in [0.2, 0.25) is 0 Å². The number of hydrogen-bond acceptors (Lipinski definition) is 0. The fourth-order valence-electron chi connectivity index (χ4n) is 1.03. The number of rotatable bonds is 5. The monoisotopic (exact) mass is 188 g/mol. The molecule has 0 saturated heterocycles. The third kappa shape index (κ3) is 5.36. The minimum atomic E-state index is 0.945. The van der Waals surface area contributed by atoms with Crippen LogP contribution >= 0.6 is 0 Å². The molecule has 0 heteroatoms. The summed E-state index contributed by atoms with van der Waals surface area (Å²) in [5.41, 5.74) is 3.62. The van der Waals surface area contributed by atoms with Crippen LogP contribution in [0.25, 0.3) is 0 Å². The molecule has 0 aromatic heterocycles. The molecule has 0 aliphatic heterocycles. The Morgan fingerprint density at radius 3 is 2.00 bits per heavy atom. The van der Waals surface area contributed by atoms with Gasteiger partial charge in [0.05, 0.1) is 0 Å². The van der Waals surface area contributed by atoms with E-state index in [0.29, 0.717) is 0 Å². The van der Waals surface area contributed by atoms with Crippen LogP contribution in [0.3, 0.4) is 0 Å². The fourth-order valence-corrected chi connectivity index (χ4v) is 1.03. The quantitative estimate of drug-likeness (QED) is 0.554. The van der Waals surface area contributed by atoms with Gasteiger partial charge in [-0.25, -0.2) is 0 Å². The van der Waals surface area contributed by atoms with Gasteiger partial charge in [0.25, 0.3) is 0 Å². The molecule has 76 valence electrons. The lowest BCUT2D eigenvalue weighted by Gasteiger charge is -2.02. The number of allylic oxidation sites excluding steroid dienone is 8. The molecule has 0 aliphatic carbocycles. The molecule has 0 bridgehead atoms. The maximum absolute atomic E-state index is 3.83. The van der Waals surface area contributed by atoms with Crippen molar-refractivity contribution in [2.24, 2.45) is 0 Å². The molecule has 0 spiro atoms. The van der Waals surface area contributed by atoms with Crippen LogP contribution in [0.1, 0.15) is 27.2 Å². The van der Waals surface area contributed by atoms with Crippen molar-refractivity contribution in [2.45, 2.75) is 27.2 Å². The molecule has 0 radical (unpaired) electrons. The minimum Gasteiger partial charge on any atom is -0.0988 e. The summed E-state index contributed by atoms with van der Waals surface area (Å²) in [5.74, 6) is 0. The van der Waals surface area contributed by atoms with Crippen molar-refractivity contribution in [2.75, 3.05) is 0 Å². The van der Waals surface area contributed by atoms with Gasteiger partial charge in [0, 0.05) is 0 Å². The first kappa shape index (κ1) is 12.7. The highest BCUT2D eigenvalue weighted by atomic mass is 14.0. The average Bonchev–Trinajstić information content (AvgIpc) is 2.18. The molecule has 0 aromatic carbocycles. The lowest BCUT2D eigenvalue weighted by Crippen LogP contribution is -1.82. The second-order valence-corrected chi connectivity index (χ2v) is 3.29. The Labute approximate surface area is 88.0 Å². The van der Waals surface area contributed by atoms with Crippen molar-refractivity contribution in [3.8, 4) is 0 Å². The summed E-state index contributed by atoms with van der Waals surface area (Å²) in [6.07, 6.45) is 11.2. The molecule has 14 heavy (non-hydrogen) atoms. The molecule has 0 atom stereocenters. The molecule has 0 N–H and O–H groups in total. The Morgan fingerprint density at radius 2 is 1.64 bits per heavy atom. The Morgan fingerprint density at radius 1 is 1.07 bits per heavy atom. The first-order chi connectivity index (χ1) is 6.63. The van der Waals surface area contributed by atoms with E-state index < -0.39 is 0 Å². The Balaban J connectivity index is 4.47. The number of hydrogen-bond donors (Lipinski definition) is 0. The topological polar surface area (TPSA) is 0 Å². The van der Waals surface area contributed by atoms with E-state index in [0.717, 1.165) is 12.0 Å². The highest BCUT2D eigenvalue weighted by Gasteiger charge is 1.93. The Kier molecular flexibility index (Phi) is 6.47. The lowest BCUT2D eigenvalue weighted by atomic mass is 10.0. The highest BCUT2D eigenvalue weighted by molar-refractivity contribution is 5.32. The highest BCUT2D eigenvalue weighted by Crippen LogP contribution is 2.13. The normalized spacial score (nSPS) is 13.4. The van der Waals surface area contributed by atoms with E-state index in [9.17, 15) is 0 Å². The van der Waals surface area contributed by atoms with Crippen molar-refractivity contribution in [1.82, 2.24) is 0 Å². The van der Waals surface area contributed by atoms with Crippen LogP contribution in [-0.2, 0) is 0 Å². The summed E-state index contributed by atoms with van der Waals surface area (Å²) in [6.45, 7) is 13.7. The van der Waals surface area contributed by atoms with E-state index in [-0.39, 0.29) is 0 Å². The molecule has 0 fully saturated rings. The van der Waals surface area contributed by atoms with Crippen molar-refractivity contribution in [3.63, 3.8) is 0 Å². The van der Waals surface area contributed by atoms with Gasteiger partial charge in [-0.2, -0.15) is 0 Å². The third-order valence-electron chi connectivity index (χ3n) is 1.99. The summed E-state index contributed by atoms with van der Waals surface area (Å²) in [4.78, 5) is 0. The first-order valence-corrected chi connectivity index (χ1v) is 4.90. The molecular weight excluding hydrogens is 168 g/mol. The van der Waals surface area contributed by atoms with E-state index in [2.05, 4.69) is 38.3 Å². The standard InChI is InChI=1S/C14H20/c1-6-13(7-2)11-14(8-3)10-9-12(4)5/h6-10H,1,4,11H2,2-3,5H3/b10-9-,13-7+,14-8+. The minimum absolute atomic E-state index is 0.945. The largest absolute Gasteiger partial charge is 0.0988 e. The SMILES string of the molecule is C=C/C(=C\C)CC(/C=C\C(=C)C)=C/C. The van der Waals surface area contributed by atoms with E-state index in [1.54, 1.807) is 0 Å². The van der Waals surface area contributed by atoms with Crippen molar-refractivity contribution in [1.29, 1.82) is 0 Å². The molecule has 0 saturated carbocycles. The van der Waals surface area contributed by atoms with Gasteiger partial charge < -0.3 is 0 Å². The summed E-state index contributed by atoms with van der Waals surface area (Å²) in [7, 11) is 0. The third-order valence-corrected chi connectivity index (χ3v) is 1.99. The van der Waals surface area contributed by atoms with Gasteiger partial charge in [-0.15, -0.1) is 0 Å². The molecule has 0 unspecified atom stereocenters. The maximum Gasteiger partial charge on any atom is -0.00325 e. The van der Waals surface area contributed by atoms with Crippen LogP contribution in [-0.4, -0.2) is 0 Å². The summed E-state index contributed by atoms with van der Waals surface area (Å²) in [5, 5.41) is 0. The van der Waals surface area contributed by atoms with Gasteiger partial charge in [0.2, 0.25) is 0 Å². The van der Waals surface area contributed by atoms with E-state index in [1.807, 2.05) is 26.0 Å². The molecule has 0 amide bonds. The second kappa shape index (κ2) is 7.14. The summed E-state index contributed by atoms with van der Waals surface area (Å²) >= 11 is 0. The summed E-state index contributed by atoms with van der Waals surface area (Å²) in [6, 6.07) is 0. The smallest absolute Gasteiger partial charge is 0.00325 e. The van der Waals surface area contributed by atoms with Crippen molar-refractivity contribution < 1.29 is 0 Å². The van der Waals surface area contributed by atoms with Gasteiger partial charge in [-0.3, -0.25) is 0 Å². The predicted molar refractivity (Wildman–Crippen MR) is 66.3 cm³/mol. The Bertz CT molecular complexity index is 285. The van der Waals surface area contributed by atoms with Gasteiger partial charge >= 0.3 is 0 Å². The zero-order valence-corrected chi connectivity index (χ0v) is 9.51. The van der Waals surface area contributed by atoms with Crippen LogP contribution < -0.4 is 0 Å². The molecule has 0 rings (SSSR count). The summed E-state index contributed by atoms with van der Waals surface area (Å²) < 4.78 is 0. The molecule has 0 nitrogen and oxygen atoms in total. The van der Waals surface area contributed by atoms with Crippen molar-refractivity contribution in [3.05, 3.63) is 60.3 Å². The molecular formula is C14H20. The van der Waals surface area contributed by atoms with Gasteiger partial charge in [0.1, 0.15) is 0 Å². The average molecular weight is 188 g/mol. The fraction of sp³-hybridized carbons (Fsp3) is 0.286. The zero-order chi connectivity index (χ0) is 11.0. The van der Waals surface area contributed by atoms with Crippen LogP contribution in [0.5, 0.6) is 0 Å². The zero-order valence-electron chi connectivity index (χ0n) is 9.51. The maximum atomic E-state index is 3.83. The van der Waals surface area contributed by atoms with Crippen LogP contribution in [0.15, 0.2) is 60.3 Å². The second-order valence-electron chi connectivity index (χ2n) is 3.29.